The topological polar surface area (TPSA) is 77.0 Å². The Balaban J connectivity index is 1.36. The maximum atomic E-state index is 12.3. The molecule has 0 atom stereocenters. The third-order valence-electron chi connectivity index (χ3n) is 4.90. The molecule has 4 rings (SSSR count). The minimum absolute atomic E-state index is 0.198. The van der Waals surface area contributed by atoms with Crippen LogP contribution in [-0.4, -0.2) is 24.7 Å². The molecule has 174 valence electrons. The third-order valence-corrected chi connectivity index (χ3v) is 5.39. The number of nitrogens with one attached hydrogen (secondary N) is 1. The molecule has 0 unspecified atom stereocenters. The van der Waals surface area contributed by atoms with Crippen molar-refractivity contribution in [3.05, 3.63) is 113 Å². The second-order valence-corrected chi connectivity index (χ2v) is 8.32. The lowest BCUT2D eigenvalue weighted by Crippen LogP contribution is -2.24. The quantitative estimate of drug-likeness (QED) is 0.104. The highest BCUT2D eigenvalue weighted by molar-refractivity contribution is 9.10. The van der Waals surface area contributed by atoms with Crippen LogP contribution in [0.15, 0.2) is 107 Å². The maximum Gasteiger partial charge on any atom is 0.336 e. The zero-order valence-electron chi connectivity index (χ0n) is 18.6. The lowest BCUT2D eigenvalue weighted by Gasteiger charge is -2.08. The van der Waals surface area contributed by atoms with E-state index in [1.807, 2.05) is 72.8 Å². The van der Waals surface area contributed by atoms with Crippen LogP contribution in [0.2, 0.25) is 0 Å². The smallest absolute Gasteiger partial charge is 0.336 e. The molecular formula is C28H21BrN2O4. The fourth-order valence-electron chi connectivity index (χ4n) is 3.25. The molecule has 1 N–H and O–H groups in total. The van der Waals surface area contributed by atoms with Gasteiger partial charge in [-0.15, -0.1) is 0 Å². The summed E-state index contributed by atoms with van der Waals surface area (Å²) in [6.45, 7) is -0.198. The Morgan fingerprint density at radius 2 is 1.66 bits per heavy atom. The molecule has 0 radical (unpaired) electrons. The monoisotopic (exact) mass is 528 g/mol. The van der Waals surface area contributed by atoms with Crippen LogP contribution in [0, 0.1) is 0 Å². The first kappa shape index (κ1) is 23.9. The normalized spacial score (nSPS) is 11.1. The molecule has 0 aliphatic heterocycles. The Morgan fingerprint density at radius 3 is 2.51 bits per heavy atom. The van der Waals surface area contributed by atoms with Gasteiger partial charge in [-0.25, -0.2) is 10.2 Å². The van der Waals surface area contributed by atoms with Gasteiger partial charge in [-0.2, -0.15) is 5.10 Å². The van der Waals surface area contributed by atoms with Crippen LogP contribution < -0.4 is 14.9 Å². The predicted molar refractivity (Wildman–Crippen MR) is 140 cm³/mol. The average molecular weight is 529 g/mol. The maximum absolute atomic E-state index is 12.3. The summed E-state index contributed by atoms with van der Waals surface area (Å²) in [5.74, 6) is -0.0280. The first-order valence-electron chi connectivity index (χ1n) is 10.8. The largest absolute Gasteiger partial charge is 0.483 e. The SMILES string of the molecule is O=C(COc1cccc2ccccc12)N/N=C/c1cc(Br)ccc1OC(=O)/C=C/c1ccccc1. The number of amides is 1. The fourth-order valence-corrected chi connectivity index (χ4v) is 3.63. The minimum Gasteiger partial charge on any atom is -0.483 e. The second kappa shape index (κ2) is 11.8. The van der Waals surface area contributed by atoms with Crippen LogP contribution in [0.4, 0.5) is 0 Å². The van der Waals surface area contributed by atoms with Gasteiger partial charge < -0.3 is 9.47 Å². The Bertz CT molecular complexity index is 1400. The van der Waals surface area contributed by atoms with Crippen molar-refractivity contribution in [1.82, 2.24) is 5.43 Å². The highest BCUT2D eigenvalue weighted by Crippen LogP contribution is 2.25. The van der Waals surface area contributed by atoms with E-state index >= 15 is 0 Å². The van der Waals surface area contributed by atoms with Crippen LogP contribution in [0.25, 0.3) is 16.8 Å². The lowest BCUT2D eigenvalue weighted by atomic mass is 10.1. The van der Waals surface area contributed by atoms with Gasteiger partial charge in [0.25, 0.3) is 5.91 Å². The van der Waals surface area contributed by atoms with E-state index in [1.54, 1.807) is 24.3 Å². The van der Waals surface area contributed by atoms with Gasteiger partial charge in [-0.3, -0.25) is 4.79 Å². The van der Waals surface area contributed by atoms with E-state index < -0.39 is 11.9 Å². The zero-order valence-corrected chi connectivity index (χ0v) is 20.1. The number of hydrogen-bond donors (Lipinski definition) is 1. The molecule has 0 spiro atoms. The summed E-state index contributed by atoms with van der Waals surface area (Å²) in [4.78, 5) is 24.5. The molecule has 0 saturated heterocycles. The highest BCUT2D eigenvalue weighted by atomic mass is 79.9. The summed E-state index contributed by atoms with van der Waals surface area (Å²) in [7, 11) is 0. The summed E-state index contributed by atoms with van der Waals surface area (Å²) in [5.41, 5.74) is 3.83. The first-order chi connectivity index (χ1) is 17.1. The van der Waals surface area contributed by atoms with Gasteiger partial charge >= 0.3 is 5.97 Å². The van der Waals surface area contributed by atoms with E-state index in [0.29, 0.717) is 17.1 Å². The molecule has 0 aromatic heterocycles. The summed E-state index contributed by atoms with van der Waals surface area (Å²) in [6.07, 6.45) is 4.43. The number of carbonyl (C=O) groups is 2. The standard InChI is InChI=1S/C28H21BrN2O4/c29-23-14-15-25(35-28(33)16-13-20-7-2-1-3-8-20)22(17-23)18-30-31-27(32)19-34-26-12-6-10-21-9-4-5-11-24(21)26/h1-18H,19H2,(H,31,32)/b16-13+,30-18+. The number of esters is 1. The van der Waals surface area contributed by atoms with Crippen molar-refractivity contribution in [1.29, 1.82) is 0 Å². The molecule has 4 aromatic rings. The Labute approximate surface area is 211 Å². The van der Waals surface area contributed by atoms with Crippen molar-refractivity contribution in [2.24, 2.45) is 5.10 Å². The average Bonchev–Trinajstić information content (AvgIpc) is 2.88. The molecule has 0 aliphatic carbocycles. The van der Waals surface area contributed by atoms with E-state index in [-0.39, 0.29) is 6.61 Å². The number of nitrogens with zero attached hydrogens (tertiary/aromatic N) is 1. The van der Waals surface area contributed by atoms with Gasteiger partial charge in [0.15, 0.2) is 6.61 Å². The predicted octanol–water partition coefficient (Wildman–Crippen LogP) is 5.75. The van der Waals surface area contributed by atoms with Gasteiger partial charge in [0.1, 0.15) is 11.5 Å². The van der Waals surface area contributed by atoms with Crippen molar-refractivity contribution < 1.29 is 19.1 Å². The molecule has 35 heavy (non-hydrogen) atoms. The van der Waals surface area contributed by atoms with Crippen molar-refractivity contribution >= 4 is 50.9 Å². The molecule has 0 bridgehead atoms. The molecule has 0 fully saturated rings. The van der Waals surface area contributed by atoms with Crippen LogP contribution in [-0.2, 0) is 9.59 Å². The molecular weight excluding hydrogens is 508 g/mol. The number of halogens is 1. The highest BCUT2D eigenvalue weighted by Gasteiger charge is 2.08. The van der Waals surface area contributed by atoms with E-state index in [2.05, 4.69) is 26.5 Å². The minimum atomic E-state index is -0.529. The zero-order chi connectivity index (χ0) is 24.5. The number of carbonyl (C=O) groups excluding carboxylic acids is 2. The van der Waals surface area contributed by atoms with E-state index in [0.717, 1.165) is 20.8 Å². The summed E-state index contributed by atoms with van der Waals surface area (Å²) >= 11 is 3.39. The van der Waals surface area contributed by atoms with Crippen molar-refractivity contribution in [2.75, 3.05) is 6.61 Å². The van der Waals surface area contributed by atoms with Crippen LogP contribution >= 0.6 is 15.9 Å². The lowest BCUT2D eigenvalue weighted by molar-refractivity contribution is -0.129. The molecule has 1 amide bonds. The number of hydrazone groups is 1. The van der Waals surface area contributed by atoms with Gasteiger partial charge in [0.05, 0.1) is 6.21 Å². The van der Waals surface area contributed by atoms with Crippen molar-refractivity contribution in [2.45, 2.75) is 0 Å². The molecule has 0 saturated carbocycles. The van der Waals surface area contributed by atoms with Crippen molar-refractivity contribution in [3.63, 3.8) is 0 Å². The van der Waals surface area contributed by atoms with Crippen molar-refractivity contribution in [3.8, 4) is 11.5 Å². The van der Waals surface area contributed by atoms with Gasteiger partial charge in [0.2, 0.25) is 0 Å². The van der Waals surface area contributed by atoms with Crippen LogP contribution in [0.3, 0.4) is 0 Å². The first-order valence-corrected chi connectivity index (χ1v) is 11.5. The summed E-state index contributed by atoms with van der Waals surface area (Å²) in [5, 5.41) is 5.93. The molecule has 6 nitrogen and oxygen atoms in total. The Kier molecular flexibility index (Phi) is 8.04. The van der Waals surface area contributed by atoms with E-state index in [9.17, 15) is 9.59 Å². The fraction of sp³-hybridized carbons (Fsp3) is 0.0357. The second-order valence-electron chi connectivity index (χ2n) is 7.41. The summed E-state index contributed by atoms with van der Waals surface area (Å²) in [6, 6.07) is 28.0. The number of ether oxygens (including phenoxy) is 2. The molecule has 0 heterocycles. The number of rotatable bonds is 8. The number of hydrogen-bond acceptors (Lipinski definition) is 5. The molecule has 4 aromatic carbocycles. The van der Waals surface area contributed by atoms with Gasteiger partial charge in [-0.05, 0) is 41.3 Å². The van der Waals surface area contributed by atoms with Crippen LogP contribution in [0.1, 0.15) is 11.1 Å². The van der Waals surface area contributed by atoms with Crippen LogP contribution in [0.5, 0.6) is 11.5 Å². The van der Waals surface area contributed by atoms with E-state index in [4.69, 9.17) is 9.47 Å². The molecule has 0 aliphatic rings. The van der Waals surface area contributed by atoms with Gasteiger partial charge in [0, 0.05) is 21.5 Å². The Morgan fingerprint density at radius 1 is 0.886 bits per heavy atom. The molecule has 7 heteroatoms. The number of benzene rings is 4. The summed E-state index contributed by atoms with van der Waals surface area (Å²) < 4.78 is 11.9. The van der Waals surface area contributed by atoms with Gasteiger partial charge in [-0.1, -0.05) is 82.7 Å². The third kappa shape index (κ3) is 6.88. The number of fused-ring (bicyclic) bond motifs is 1. The Hall–Kier alpha value is -4.23. The van der Waals surface area contributed by atoms with E-state index in [1.165, 1.54) is 12.3 Å².